The van der Waals surface area contributed by atoms with Crippen LogP contribution < -0.4 is 20.9 Å². The molecule has 0 saturated carbocycles. The van der Waals surface area contributed by atoms with E-state index in [9.17, 15) is 0 Å². The van der Waals surface area contributed by atoms with Crippen LogP contribution in [0.4, 0.5) is 23.3 Å². The van der Waals surface area contributed by atoms with Crippen molar-refractivity contribution < 1.29 is 4.90 Å². The number of piperazine rings is 1. The largest absolute Gasteiger partial charge is 0.368 e. The first-order valence-electron chi connectivity index (χ1n) is 10.0. The molecular weight excluding hydrogens is 362 g/mol. The summed E-state index contributed by atoms with van der Waals surface area (Å²) in [6.07, 6.45) is 0. The van der Waals surface area contributed by atoms with Gasteiger partial charge in [0.1, 0.15) is 6.54 Å². The molecule has 1 aromatic heterocycles. The molecule has 4 rings (SSSR count). The highest BCUT2D eigenvalue weighted by molar-refractivity contribution is 5.59. The van der Waals surface area contributed by atoms with Gasteiger partial charge in [0.05, 0.1) is 26.2 Å². The van der Waals surface area contributed by atoms with E-state index in [0.29, 0.717) is 5.95 Å². The fourth-order valence-corrected chi connectivity index (χ4v) is 3.77. The number of nitrogens with one attached hydrogen (secondary N) is 2. The summed E-state index contributed by atoms with van der Waals surface area (Å²) in [4.78, 5) is 17.1. The smallest absolute Gasteiger partial charge is 0.232 e. The lowest BCUT2D eigenvalue weighted by atomic mass is 10.1. The standard InChI is InChI=1S/C22H27N7/c1-16-8-9-19(17(2)14-16)24-22-26-20(25-21(23)27-22)15-28-10-12-29(13-11-28)18-6-4-3-5-7-18/h3-9,14H,10-13,15H2,1-2H3,(H3,23,24,25,26,27)/p+1. The summed E-state index contributed by atoms with van der Waals surface area (Å²) < 4.78 is 0. The van der Waals surface area contributed by atoms with E-state index in [1.165, 1.54) is 16.2 Å². The van der Waals surface area contributed by atoms with Crippen molar-refractivity contribution in [3.8, 4) is 0 Å². The lowest BCUT2D eigenvalue weighted by Crippen LogP contribution is -3.13. The third-order valence-electron chi connectivity index (χ3n) is 5.33. The number of hydrogen-bond acceptors (Lipinski definition) is 6. The molecule has 2 aromatic carbocycles. The Morgan fingerprint density at radius 2 is 1.76 bits per heavy atom. The van der Waals surface area contributed by atoms with Gasteiger partial charge in [-0.3, -0.25) is 0 Å². The second-order valence-electron chi connectivity index (χ2n) is 7.63. The number of aromatic nitrogens is 3. The number of nitrogen functional groups attached to an aromatic ring is 1. The summed E-state index contributed by atoms with van der Waals surface area (Å²) in [5, 5.41) is 3.29. The van der Waals surface area contributed by atoms with Gasteiger partial charge in [-0.05, 0) is 37.6 Å². The van der Waals surface area contributed by atoms with E-state index in [1.54, 1.807) is 0 Å². The van der Waals surface area contributed by atoms with Gasteiger partial charge in [-0.2, -0.15) is 15.0 Å². The molecule has 1 aliphatic heterocycles. The van der Waals surface area contributed by atoms with Crippen LogP contribution in [0.2, 0.25) is 0 Å². The third kappa shape index (κ3) is 4.81. The van der Waals surface area contributed by atoms with Crippen molar-refractivity contribution in [1.29, 1.82) is 0 Å². The minimum absolute atomic E-state index is 0.254. The molecule has 0 radical (unpaired) electrons. The molecule has 7 nitrogen and oxygen atoms in total. The first-order chi connectivity index (χ1) is 14.1. The van der Waals surface area contributed by atoms with Gasteiger partial charge < -0.3 is 20.9 Å². The highest BCUT2D eigenvalue weighted by Crippen LogP contribution is 2.19. The van der Waals surface area contributed by atoms with Gasteiger partial charge in [0.15, 0.2) is 5.82 Å². The zero-order chi connectivity index (χ0) is 20.2. The zero-order valence-corrected chi connectivity index (χ0v) is 17.0. The normalized spacial score (nSPS) is 14.8. The van der Waals surface area contributed by atoms with Gasteiger partial charge in [-0.15, -0.1) is 0 Å². The molecule has 0 aliphatic carbocycles. The first kappa shape index (κ1) is 19.1. The summed E-state index contributed by atoms with van der Waals surface area (Å²) in [5.41, 5.74) is 10.6. The Morgan fingerprint density at radius 1 is 1.00 bits per heavy atom. The number of nitrogens with zero attached hydrogens (tertiary/aromatic N) is 4. The fraction of sp³-hybridized carbons (Fsp3) is 0.318. The topological polar surface area (TPSA) is 84.4 Å². The summed E-state index contributed by atoms with van der Waals surface area (Å²) in [5.74, 6) is 1.49. The van der Waals surface area contributed by atoms with Crippen LogP contribution in [0.1, 0.15) is 17.0 Å². The van der Waals surface area contributed by atoms with Crippen molar-refractivity contribution >= 4 is 23.3 Å². The number of quaternary nitrogens is 1. The number of para-hydroxylation sites is 1. The number of hydrogen-bond donors (Lipinski definition) is 3. The van der Waals surface area contributed by atoms with Crippen LogP contribution >= 0.6 is 0 Å². The molecule has 2 heterocycles. The highest BCUT2D eigenvalue weighted by Gasteiger charge is 2.21. The number of benzene rings is 2. The Morgan fingerprint density at radius 3 is 2.48 bits per heavy atom. The van der Waals surface area contributed by atoms with Crippen LogP contribution in [-0.4, -0.2) is 41.1 Å². The van der Waals surface area contributed by atoms with E-state index in [-0.39, 0.29) is 5.95 Å². The van der Waals surface area contributed by atoms with Gasteiger partial charge in [0, 0.05) is 11.4 Å². The molecule has 29 heavy (non-hydrogen) atoms. The van der Waals surface area contributed by atoms with E-state index >= 15 is 0 Å². The van der Waals surface area contributed by atoms with Crippen molar-refractivity contribution in [2.75, 3.05) is 42.1 Å². The van der Waals surface area contributed by atoms with E-state index in [0.717, 1.165) is 49.8 Å². The second kappa shape index (κ2) is 8.45. The average Bonchev–Trinajstić information content (AvgIpc) is 2.71. The van der Waals surface area contributed by atoms with Crippen LogP contribution in [0.25, 0.3) is 0 Å². The molecule has 0 amide bonds. The summed E-state index contributed by atoms with van der Waals surface area (Å²) >= 11 is 0. The van der Waals surface area contributed by atoms with Gasteiger partial charge in [0.25, 0.3) is 0 Å². The van der Waals surface area contributed by atoms with Crippen LogP contribution in [-0.2, 0) is 6.54 Å². The van der Waals surface area contributed by atoms with E-state index in [2.05, 4.69) is 81.5 Å². The Hall–Kier alpha value is -3.19. The van der Waals surface area contributed by atoms with Gasteiger partial charge in [-0.1, -0.05) is 35.9 Å². The van der Waals surface area contributed by atoms with Crippen LogP contribution in [0, 0.1) is 13.8 Å². The molecular formula is C22H28N7+. The minimum Gasteiger partial charge on any atom is -0.368 e. The predicted octanol–water partition coefficient (Wildman–Crippen LogP) is 1.72. The molecule has 1 saturated heterocycles. The van der Waals surface area contributed by atoms with Crippen LogP contribution in [0.15, 0.2) is 48.5 Å². The number of rotatable bonds is 5. The molecule has 3 aromatic rings. The highest BCUT2D eigenvalue weighted by atomic mass is 15.3. The van der Waals surface area contributed by atoms with Crippen LogP contribution in [0.3, 0.4) is 0 Å². The van der Waals surface area contributed by atoms with Crippen molar-refractivity contribution in [3.05, 3.63) is 65.5 Å². The zero-order valence-electron chi connectivity index (χ0n) is 17.0. The number of anilines is 4. The van der Waals surface area contributed by atoms with Crippen molar-refractivity contribution in [3.63, 3.8) is 0 Å². The van der Waals surface area contributed by atoms with Gasteiger partial charge >= 0.3 is 0 Å². The summed E-state index contributed by atoms with van der Waals surface area (Å²) in [6.45, 7) is 9.02. The summed E-state index contributed by atoms with van der Waals surface area (Å²) in [6, 6.07) is 16.8. The van der Waals surface area contributed by atoms with E-state index in [1.807, 2.05) is 6.07 Å². The Kier molecular flexibility index (Phi) is 5.57. The van der Waals surface area contributed by atoms with Crippen molar-refractivity contribution in [2.24, 2.45) is 0 Å². The molecule has 0 atom stereocenters. The lowest BCUT2D eigenvalue weighted by molar-refractivity contribution is -0.915. The average molecular weight is 391 g/mol. The molecule has 0 unspecified atom stereocenters. The van der Waals surface area contributed by atoms with Gasteiger partial charge in [-0.25, -0.2) is 0 Å². The molecule has 150 valence electrons. The van der Waals surface area contributed by atoms with Crippen LogP contribution in [0.5, 0.6) is 0 Å². The molecule has 7 heteroatoms. The quantitative estimate of drug-likeness (QED) is 0.615. The maximum Gasteiger partial charge on any atom is 0.232 e. The predicted molar refractivity (Wildman–Crippen MR) is 116 cm³/mol. The molecule has 4 N–H and O–H groups in total. The van der Waals surface area contributed by atoms with E-state index < -0.39 is 0 Å². The van der Waals surface area contributed by atoms with Gasteiger partial charge in [0.2, 0.25) is 11.9 Å². The Labute approximate surface area is 171 Å². The van der Waals surface area contributed by atoms with Crippen molar-refractivity contribution in [2.45, 2.75) is 20.4 Å². The molecule has 1 aliphatic rings. The SMILES string of the molecule is Cc1ccc(Nc2nc(N)nc(C[NH+]3CCN(c4ccccc4)CC3)n2)c(C)c1. The Bertz CT molecular complexity index is 966. The molecule has 1 fully saturated rings. The fourth-order valence-electron chi connectivity index (χ4n) is 3.77. The maximum atomic E-state index is 5.96. The van der Waals surface area contributed by atoms with E-state index in [4.69, 9.17) is 5.73 Å². The molecule has 0 spiro atoms. The summed E-state index contributed by atoms with van der Waals surface area (Å²) in [7, 11) is 0. The maximum absolute atomic E-state index is 5.96. The number of aryl methyl sites for hydroxylation is 2. The number of nitrogens with two attached hydrogens (primary N) is 1. The minimum atomic E-state index is 0.254. The first-order valence-corrected chi connectivity index (χ1v) is 10.0. The third-order valence-corrected chi connectivity index (χ3v) is 5.33. The Balaban J connectivity index is 1.40. The second-order valence-corrected chi connectivity index (χ2v) is 7.63. The lowest BCUT2D eigenvalue weighted by Gasteiger charge is -2.33. The molecule has 0 bridgehead atoms. The monoisotopic (exact) mass is 390 g/mol. The van der Waals surface area contributed by atoms with Crippen molar-refractivity contribution in [1.82, 2.24) is 15.0 Å².